The number of halogens is 1. The topological polar surface area (TPSA) is 132 Å². The predicted molar refractivity (Wildman–Crippen MR) is 190 cm³/mol. The smallest absolute Gasteiger partial charge is 0.255 e. The number of nitrogens with zero attached hydrogens (tertiary/aromatic N) is 4. The lowest BCUT2D eigenvalue weighted by atomic mass is 9.74. The fourth-order valence-corrected chi connectivity index (χ4v) is 8.14. The molecule has 1 aliphatic carbocycles. The monoisotopic (exact) mass is 692 g/mol. The van der Waals surface area contributed by atoms with Gasteiger partial charge in [-0.2, -0.15) is 5.26 Å². The third-order valence-corrected chi connectivity index (χ3v) is 11.4. The van der Waals surface area contributed by atoms with Crippen molar-refractivity contribution in [3.05, 3.63) is 93.8 Å². The summed E-state index contributed by atoms with van der Waals surface area (Å²) in [6.45, 7) is 7.71. The van der Waals surface area contributed by atoms with Gasteiger partial charge >= 0.3 is 0 Å². The van der Waals surface area contributed by atoms with Gasteiger partial charge in [-0.1, -0.05) is 18.2 Å². The minimum absolute atomic E-state index is 0.0127. The number of piperazine rings is 1. The third kappa shape index (κ3) is 7.08. The lowest BCUT2D eigenvalue weighted by molar-refractivity contribution is -0.136. The van der Waals surface area contributed by atoms with Crippen LogP contribution in [0.4, 0.5) is 10.1 Å². The molecule has 0 aromatic heterocycles. The average molecular weight is 693 g/mol. The molecule has 0 bridgehead atoms. The quantitative estimate of drug-likeness (QED) is 0.305. The summed E-state index contributed by atoms with van der Waals surface area (Å²) in [4.78, 5) is 43.5. The minimum atomic E-state index is -0.718. The fourth-order valence-electron chi connectivity index (χ4n) is 8.14. The Balaban J connectivity index is 0.959. The Hall–Kier alpha value is -4.79. The zero-order valence-corrected chi connectivity index (χ0v) is 29.3. The van der Waals surface area contributed by atoms with Crippen molar-refractivity contribution in [1.29, 1.82) is 5.26 Å². The number of nitriles is 1. The second kappa shape index (κ2) is 14.1. The summed E-state index contributed by atoms with van der Waals surface area (Å²) in [7, 11) is 0. The van der Waals surface area contributed by atoms with E-state index in [9.17, 15) is 19.6 Å². The molecule has 0 spiro atoms. The van der Waals surface area contributed by atoms with E-state index in [2.05, 4.69) is 47.2 Å². The first kappa shape index (κ1) is 34.6. The molecular formula is C40H45FN6O4. The van der Waals surface area contributed by atoms with Crippen LogP contribution in [0.15, 0.2) is 54.6 Å². The van der Waals surface area contributed by atoms with Crippen LogP contribution in [0.5, 0.6) is 5.75 Å². The average Bonchev–Trinajstić information content (AvgIpc) is 3.46. The first-order chi connectivity index (χ1) is 24.5. The van der Waals surface area contributed by atoms with Crippen LogP contribution in [0.3, 0.4) is 0 Å². The molecule has 3 heterocycles. The number of carbonyl (C=O) groups is 3. The SMILES string of the molecule is CC(c1ccc(COc2cccc3c2CN([C@H]2CCC(=O)NC2=O)C3=O)c(F)c1)N1CCN(c2ccc(C#N)c(C3CCC(C)(N)CC3)c2)CC1. The van der Waals surface area contributed by atoms with Crippen LogP contribution in [0.25, 0.3) is 0 Å². The first-order valence-electron chi connectivity index (χ1n) is 18.0. The number of hydrogen-bond acceptors (Lipinski definition) is 8. The summed E-state index contributed by atoms with van der Waals surface area (Å²) in [5.41, 5.74) is 11.7. The zero-order valence-electron chi connectivity index (χ0n) is 29.3. The standard InChI is InChI=1S/C40H45FN6O4/c1-25(45-16-18-46(19-17-45)30-9-8-28(22-42)32(21-30)26-12-14-40(2,43)15-13-26)27-6-7-29(34(41)20-27)24-51-36-5-3-4-31-33(36)23-47(39(31)50)35-10-11-37(48)44-38(35)49/h3-9,20-21,25-26,35H,10-19,23-24,43H2,1-2H3,(H,44,48,49)/t25?,26?,35-,40?/m0/s1. The summed E-state index contributed by atoms with van der Waals surface area (Å²) in [6, 6.07) is 18.4. The van der Waals surface area contributed by atoms with Crippen LogP contribution < -0.4 is 20.7 Å². The van der Waals surface area contributed by atoms with Crippen LogP contribution in [0.2, 0.25) is 0 Å². The molecule has 10 nitrogen and oxygen atoms in total. The molecule has 4 aliphatic rings. The highest BCUT2D eigenvalue weighted by atomic mass is 19.1. The van der Waals surface area contributed by atoms with E-state index >= 15 is 4.39 Å². The van der Waals surface area contributed by atoms with E-state index in [1.54, 1.807) is 30.3 Å². The first-order valence-corrected chi connectivity index (χ1v) is 18.0. The Morgan fingerprint density at radius 1 is 1.04 bits per heavy atom. The second-order valence-electron chi connectivity index (χ2n) is 14.8. The summed E-state index contributed by atoms with van der Waals surface area (Å²) < 4.78 is 21.6. The van der Waals surface area contributed by atoms with Crippen LogP contribution in [-0.2, 0) is 22.7 Å². The maximum absolute atomic E-state index is 15.5. The number of hydrogen-bond donors (Lipinski definition) is 2. The molecule has 3 fully saturated rings. The van der Waals surface area contributed by atoms with Gasteiger partial charge in [-0.05, 0) is 99.4 Å². The molecule has 1 unspecified atom stereocenters. The van der Waals surface area contributed by atoms with Crippen LogP contribution in [0.1, 0.15) is 103 Å². The second-order valence-corrected chi connectivity index (χ2v) is 14.8. The Kier molecular flexibility index (Phi) is 9.57. The highest BCUT2D eigenvalue weighted by molar-refractivity contribution is 6.05. The molecule has 3 aromatic rings. The highest BCUT2D eigenvalue weighted by Crippen LogP contribution is 2.40. The van der Waals surface area contributed by atoms with E-state index in [1.807, 2.05) is 12.1 Å². The van der Waals surface area contributed by atoms with Gasteiger partial charge in [0.15, 0.2) is 0 Å². The van der Waals surface area contributed by atoms with E-state index in [-0.39, 0.29) is 55.2 Å². The van der Waals surface area contributed by atoms with E-state index in [1.165, 1.54) is 4.90 Å². The van der Waals surface area contributed by atoms with Crippen molar-refractivity contribution in [2.24, 2.45) is 5.73 Å². The number of carbonyl (C=O) groups excluding carboxylic acids is 3. The summed E-state index contributed by atoms with van der Waals surface area (Å²) in [5, 5.41) is 12.1. The van der Waals surface area contributed by atoms with Gasteiger partial charge in [0, 0.05) is 66.6 Å². The maximum Gasteiger partial charge on any atom is 0.255 e. The van der Waals surface area contributed by atoms with Crippen molar-refractivity contribution in [1.82, 2.24) is 15.1 Å². The molecule has 3 aromatic carbocycles. The molecular weight excluding hydrogens is 647 g/mol. The van der Waals surface area contributed by atoms with Crippen molar-refractivity contribution in [2.45, 2.75) is 89.1 Å². The zero-order chi connectivity index (χ0) is 35.9. The van der Waals surface area contributed by atoms with E-state index in [4.69, 9.17) is 10.5 Å². The van der Waals surface area contributed by atoms with Gasteiger partial charge in [0.1, 0.15) is 24.2 Å². The Bertz CT molecular complexity index is 1890. The number of benzene rings is 3. The van der Waals surface area contributed by atoms with Crippen molar-refractivity contribution in [3.63, 3.8) is 0 Å². The summed E-state index contributed by atoms with van der Waals surface area (Å²) in [6.07, 6.45) is 4.38. The number of ether oxygens (including phenoxy) is 1. The normalized spacial score (nSPS) is 24.6. The number of rotatable bonds is 8. The Morgan fingerprint density at radius 2 is 1.80 bits per heavy atom. The minimum Gasteiger partial charge on any atom is -0.488 e. The molecule has 3 aliphatic heterocycles. The summed E-state index contributed by atoms with van der Waals surface area (Å²) in [5.74, 6) is -0.612. The largest absolute Gasteiger partial charge is 0.488 e. The molecule has 3 amide bonds. The maximum atomic E-state index is 15.5. The van der Waals surface area contributed by atoms with Crippen LogP contribution in [-0.4, -0.2) is 65.3 Å². The molecule has 7 rings (SSSR count). The van der Waals surface area contributed by atoms with Gasteiger partial charge < -0.3 is 20.3 Å². The van der Waals surface area contributed by atoms with Crippen LogP contribution in [0, 0.1) is 17.1 Å². The number of fused-ring (bicyclic) bond motifs is 1. The van der Waals surface area contributed by atoms with Crippen molar-refractivity contribution in [3.8, 4) is 11.8 Å². The Morgan fingerprint density at radius 3 is 2.51 bits per heavy atom. The number of nitrogens with two attached hydrogens (primary N) is 1. The number of piperidine rings is 1. The van der Waals surface area contributed by atoms with Crippen molar-refractivity contribution in [2.75, 3.05) is 31.1 Å². The van der Waals surface area contributed by atoms with E-state index in [0.29, 0.717) is 28.4 Å². The lowest BCUT2D eigenvalue weighted by Gasteiger charge is -2.40. The van der Waals surface area contributed by atoms with E-state index < -0.39 is 11.9 Å². The predicted octanol–water partition coefficient (Wildman–Crippen LogP) is 5.30. The molecule has 51 heavy (non-hydrogen) atoms. The molecule has 2 atom stereocenters. The third-order valence-electron chi connectivity index (χ3n) is 11.4. The van der Waals surface area contributed by atoms with Crippen molar-refractivity contribution < 1.29 is 23.5 Å². The molecule has 3 N–H and O–H groups in total. The highest BCUT2D eigenvalue weighted by Gasteiger charge is 2.40. The van der Waals surface area contributed by atoms with Gasteiger partial charge in [0.2, 0.25) is 11.8 Å². The molecule has 1 saturated carbocycles. The molecule has 11 heteroatoms. The number of nitrogens with one attached hydrogen (secondary N) is 1. The van der Waals surface area contributed by atoms with Gasteiger partial charge in [-0.15, -0.1) is 0 Å². The number of imide groups is 1. The van der Waals surface area contributed by atoms with Crippen LogP contribution >= 0.6 is 0 Å². The van der Waals surface area contributed by atoms with Gasteiger partial charge in [-0.3, -0.25) is 24.6 Å². The van der Waals surface area contributed by atoms with Gasteiger partial charge in [0.05, 0.1) is 18.2 Å². The Labute approximate surface area is 298 Å². The lowest BCUT2D eigenvalue weighted by Crippen LogP contribution is -2.52. The summed E-state index contributed by atoms with van der Waals surface area (Å²) >= 11 is 0. The van der Waals surface area contributed by atoms with Gasteiger partial charge in [-0.25, -0.2) is 4.39 Å². The van der Waals surface area contributed by atoms with Crippen molar-refractivity contribution >= 4 is 23.4 Å². The fraction of sp³-hybridized carbons (Fsp3) is 0.450. The number of anilines is 1. The van der Waals surface area contributed by atoms with E-state index in [0.717, 1.165) is 74.2 Å². The molecule has 266 valence electrons. The number of amides is 3. The molecule has 0 radical (unpaired) electrons. The van der Waals surface area contributed by atoms with Gasteiger partial charge in [0.25, 0.3) is 5.91 Å². The molecule has 2 saturated heterocycles.